The van der Waals surface area contributed by atoms with Crippen molar-refractivity contribution in [3.8, 4) is 17.2 Å². The van der Waals surface area contributed by atoms with Gasteiger partial charge in [-0.15, -0.1) is 0 Å². The van der Waals surface area contributed by atoms with Crippen LogP contribution in [0.4, 0.5) is 13.2 Å². The van der Waals surface area contributed by atoms with Crippen molar-refractivity contribution >= 4 is 5.57 Å². The average Bonchev–Trinajstić information content (AvgIpc) is 3.28. The van der Waals surface area contributed by atoms with E-state index in [0.717, 1.165) is 42.0 Å². The number of aliphatic hydroxyl groups excluding tert-OH is 1. The van der Waals surface area contributed by atoms with E-state index in [9.17, 15) is 18.3 Å². The Hall–Kier alpha value is -2.61. The zero-order valence-electron chi connectivity index (χ0n) is 16.1. The molecule has 29 heavy (non-hydrogen) atoms. The van der Waals surface area contributed by atoms with Crippen LogP contribution in [0.1, 0.15) is 50.9 Å². The molecule has 0 amide bonds. The van der Waals surface area contributed by atoms with Gasteiger partial charge in [-0.2, -0.15) is 18.2 Å². The Labute approximate surface area is 165 Å². The van der Waals surface area contributed by atoms with Gasteiger partial charge < -0.3 is 14.4 Å². The summed E-state index contributed by atoms with van der Waals surface area (Å²) in [6, 6.07) is 3.72. The molecule has 1 unspecified atom stereocenters. The van der Waals surface area contributed by atoms with Gasteiger partial charge >= 0.3 is 6.18 Å². The Morgan fingerprint density at radius 3 is 2.76 bits per heavy atom. The summed E-state index contributed by atoms with van der Waals surface area (Å²) >= 11 is 0. The predicted molar refractivity (Wildman–Crippen MR) is 100.0 cm³/mol. The van der Waals surface area contributed by atoms with E-state index in [0.29, 0.717) is 12.2 Å². The maximum absolute atomic E-state index is 13.5. The molecule has 8 heteroatoms. The topological polar surface area (TPSA) is 68.4 Å². The quantitative estimate of drug-likeness (QED) is 0.759. The molecular weight excluding hydrogens is 385 g/mol. The molecule has 1 heterocycles. The molecule has 0 saturated carbocycles. The van der Waals surface area contributed by atoms with Gasteiger partial charge in [-0.1, -0.05) is 11.2 Å². The first-order valence-electron chi connectivity index (χ1n) is 9.57. The van der Waals surface area contributed by atoms with Crippen LogP contribution < -0.4 is 4.74 Å². The van der Waals surface area contributed by atoms with Crippen LogP contribution >= 0.6 is 0 Å². The van der Waals surface area contributed by atoms with Crippen LogP contribution in [0.5, 0.6) is 5.75 Å². The Bertz CT molecular complexity index is 989. The zero-order chi connectivity index (χ0) is 20.8. The molecule has 0 fully saturated rings. The van der Waals surface area contributed by atoms with Crippen molar-refractivity contribution < 1.29 is 27.5 Å². The second-order valence-electron chi connectivity index (χ2n) is 7.51. The van der Waals surface area contributed by atoms with Gasteiger partial charge in [0.1, 0.15) is 5.75 Å². The van der Waals surface area contributed by atoms with Gasteiger partial charge in [0.05, 0.1) is 17.8 Å². The second-order valence-corrected chi connectivity index (χ2v) is 7.51. The number of ether oxygens (including phenoxy) is 1. The van der Waals surface area contributed by atoms with Gasteiger partial charge in [0.25, 0.3) is 5.89 Å². The monoisotopic (exact) mass is 406 g/mol. The summed E-state index contributed by atoms with van der Waals surface area (Å²) in [5, 5.41) is 14.1. The fourth-order valence-corrected chi connectivity index (χ4v) is 3.85. The maximum Gasteiger partial charge on any atom is 0.419 e. The Balaban J connectivity index is 1.68. The molecule has 0 saturated heterocycles. The largest absolute Gasteiger partial charge is 0.490 e. The van der Waals surface area contributed by atoms with Crippen molar-refractivity contribution in [3.63, 3.8) is 0 Å². The molecule has 4 rings (SSSR count). The Morgan fingerprint density at radius 2 is 2.03 bits per heavy atom. The molecule has 0 aliphatic heterocycles. The summed E-state index contributed by atoms with van der Waals surface area (Å²) in [6.07, 6.45) is -0.459. The lowest BCUT2D eigenvalue weighted by atomic mass is 9.92. The number of hydrogen-bond acceptors (Lipinski definition) is 5. The molecular formula is C21H21F3N2O3. The molecule has 1 aromatic heterocycles. The van der Waals surface area contributed by atoms with Gasteiger partial charge in [0.15, 0.2) is 0 Å². The first-order chi connectivity index (χ1) is 13.7. The highest BCUT2D eigenvalue weighted by atomic mass is 19.4. The van der Waals surface area contributed by atoms with Crippen molar-refractivity contribution in [3.05, 3.63) is 46.8 Å². The Morgan fingerprint density at radius 1 is 1.24 bits per heavy atom. The van der Waals surface area contributed by atoms with Gasteiger partial charge in [0.2, 0.25) is 5.82 Å². The molecule has 0 radical (unpaired) electrons. The molecule has 2 aliphatic carbocycles. The van der Waals surface area contributed by atoms with Gasteiger partial charge in [0, 0.05) is 11.1 Å². The van der Waals surface area contributed by atoms with E-state index in [2.05, 4.69) is 10.1 Å². The minimum atomic E-state index is -4.57. The van der Waals surface area contributed by atoms with E-state index >= 15 is 0 Å². The van der Waals surface area contributed by atoms with Gasteiger partial charge in [-0.25, -0.2) is 0 Å². The number of allylic oxidation sites excluding steroid dienone is 3. The fourth-order valence-electron chi connectivity index (χ4n) is 3.85. The van der Waals surface area contributed by atoms with Crippen LogP contribution in [0, 0.1) is 0 Å². The summed E-state index contributed by atoms with van der Waals surface area (Å²) < 4.78 is 51.0. The number of hydrogen-bond donors (Lipinski definition) is 1. The van der Waals surface area contributed by atoms with Crippen LogP contribution in [0.3, 0.4) is 0 Å². The number of aromatic nitrogens is 2. The lowest BCUT2D eigenvalue weighted by Crippen LogP contribution is -2.13. The standard InChI is InChI=1S/C21H21F3N2O3/c1-11(2)28-18-9-6-12(10-16(18)21(22,23)24)20-25-19(26-29-20)15-5-3-4-14-13(15)7-8-17(14)27/h5-6,9-11,17,27H,3-4,7-8H2,1-2H3. The van der Waals surface area contributed by atoms with Gasteiger partial charge in [-0.3, -0.25) is 0 Å². The van der Waals surface area contributed by atoms with Crippen molar-refractivity contribution in [1.82, 2.24) is 10.1 Å². The van der Waals surface area contributed by atoms with Crippen molar-refractivity contribution in [2.75, 3.05) is 0 Å². The van der Waals surface area contributed by atoms with E-state index < -0.39 is 17.8 Å². The van der Waals surface area contributed by atoms with Crippen LogP contribution in [0.25, 0.3) is 17.0 Å². The molecule has 2 aromatic rings. The minimum absolute atomic E-state index is 0.00812. The van der Waals surface area contributed by atoms with Crippen LogP contribution in [-0.4, -0.2) is 27.5 Å². The summed E-state index contributed by atoms with van der Waals surface area (Å²) in [4.78, 5) is 4.33. The third-order valence-corrected chi connectivity index (χ3v) is 5.11. The summed E-state index contributed by atoms with van der Waals surface area (Å²) in [5.74, 6) is 0.104. The SMILES string of the molecule is CC(C)Oc1ccc(-c2nc(C3=CCCC4=C3CCC4O)no2)cc1C(F)(F)F. The molecule has 1 N–H and O–H groups in total. The smallest absolute Gasteiger partial charge is 0.419 e. The third-order valence-electron chi connectivity index (χ3n) is 5.11. The predicted octanol–water partition coefficient (Wildman–Crippen LogP) is 5.17. The first-order valence-corrected chi connectivity index (χ1v) is 9.57. The van der Waals surface area contributed by atoms with Crippen molar-refractivity contribution in [2.45, 2.75) is 57.9 Å². The average molecular weight is 406 g/mol. The minimum Gasteiger partial charge on any atom is -0.490 e. The molecule has 1 atom stereocenters. The van der Waals surface area contributed by atoms with Crippen LogP contribution in [0.2, 0.25) is 0 Å². The summed E-state index contributed by atoms with van der Waals surface area (Å²) in [7, 11) is 0. The molecule has 1 aromatic carbocycles. The van der Waals surface area contributed by atoms with Crippen molar-refractivity contribution in [1.29, 1.82) is 0 Å². The van der Waals surface area contributed by atoms with Crippen LogP contribution in [-0.2, 0) is 6.18 Å². The van der Waals surface area contributed by atoms with E-state index in [1.165, 1.54) is 12.1 Å². The molecule has 0 bridgehead atoms. The number of aliphatic hydroxyl groups is 1. The third kappa shape index (κ3) is 3.81. The number of halogens is 3. The highest BCUT2D eigenvalue weighted by molar-refractivity contribution is 5.79. The number of alkyl halides is 3. The summed E-state index contributed by atoms with van der Waals surface area (Å²) in [5.41, 5.74) is 2.11. The van der Waals surface area contributed by atoms with E-state index in [4.69, 9.17) is 9.26 Å². The highest BCUT2D eigenvalue weighted by Crippen LogP contribution is 2.42. The van der Waals surface area contributed by atoms with Crippen LogP contribution in [0.15, 0.2) is 39.9 Å². The molecule has 154 valence electrons. The number of rotatable bonds is 4. The van der Waals surface area contributed by atoms with Crippen molar-refractivity contribution in [2.24, 2.45) is 0 Å². The molecule has 0 spiro atoms. The van der Waals surface area contributed by atoms with Gasteiger partial charge in [-0.05, 0) is 68.9 Å². The molecule has 5 nitrogen and oxygen atoms in total. The summed E-state index contributed by atoms with van der Waals surface area (Å²) in [6.45, 7) is 3.33. The molecule has 2 aliphatic rings. The fraction of sp³-hybridized carbons (Fsp3) is 0.429. The lowest BCUT2D eigenvalue weighted by molar-refractivity contribution is -0.139. The Kier molecular flexibility index (Phi) is 4.98. The maximum atomic E-state index is 13.5. The van der Waals surface area contributed by atoms with E-state index in [1.807, 2.05) is 6.08 Å². The normalized spacial score (nSPS) is 19.6. The first kappa shape index (κ1) is 19.7. The van der Waals surface area contributed by atoms with E-state index in [-0.39, 0.29) is 23.3 Å². The van der Waals surface area contributed by atoms with E-state index in [1.54, 1.807) is 13.8 Å². The number of nitrogens with zero attached hydrogens (tertiary/aromatic N) is 2. The highest BCUT2D eigenvalue weighted by Gasteiger charge is 2.36. The zero-order valence-corrected chi connectivity index (χ0v) is 16.1. The number of benzene rings is 1. The second kappa shape index (κ2) is 7.33. The lowest BCUT2D eigenvalue weighted by Gasteiger charge is -2.16.